The van der Waals surface area contributed by atoms with Crippen LogP contribution in [0.15, 0.2) is 24.5 Å². The Hall–Kier alpha value is -1.51. The van der Waals surface area contributed by atoms with E-state index in [-0.39, 0.29) is 23.9 Å². The van der Waals surface area contributed by atoms with Crippen molar-refractivity contribution in [1.29, 1.82) is 0 Å². The Morgan fingerprint density at radius 1 is 1.53 bits per heavy atom. The second-order valence-electron chi connectivity index (χ2n) is 3.94. The van der Waals surface area contributed by atoms with Crippen LogP contribution in [-0.2, 0) is 10.0 Å². The Kier molecular flexibility index (Phi) is 5.87. The number of rotatable bonds is 7. The van der Waals surface area contributed by atoms with Gasteiger partial charge in [-0.25, -0.2) is 13.1 Å². The van der Waals surface area contributed by atoms with Gasteiger partial charge in [0.15, 0.2) is 0 Å². The average molecular weight is 286 g/mol. The molecule has 0 bridgehead atoms. The maximum atomic E-state index is 11.8. The summed E-state index contributed by atoms with van der Waals surface area (Å²) >= 11 is 0. The van der Waals surface area contributed by atoms with E-state index in [1.165, 1.54) is 18.5 Å². The molecule has 0 saturated heterocycles. The summed E-state index contributed by atoms with van der Waals surface area (Å²) in [7, 11) is -3.73. The largest absolute Gasteiger partial charge is 0.329 e. The molecular weight excluding hydrogens is 268 g/mol. The molecule has 0 aromatic carbocycles. The first-order valence-electron chi connectivity index (χ1n) is 5.86. The van der Waals surface area contributed by atoms with Gasteiger partial charge in [-0.2, -0.15) is 0 Å². The number of aromatic nitrogens is 1. The van der Waals surface area contributed by atoms with Gasteiger partial charge in [-0.05, 0) is 18.7 Å². The van der Waals surface area contributed by atoms with Gasteiger partial charge in [-0.1, -0.05) is 6.92 Å². The van der Waals surface area contributed by atoms with Gasteiger partial charge in [-0.3, -0.25) is 9.78 Å². The number of hydrogen-bond donors (Lipinski definition) is 3. The maximum Gasteiger partial charge on any atom is 0.266 e. The van der Waals surface area contributed by atoms with Crippen molar-refractivity contribution in [2.24, 2.45) is 5.73 Å². The molecule has 0 saturated carbocycles. The molecule has 1 heterocycles. The molecule has 1 unspecified atom stereocenters. The number of amides is 1. The predicted octanol–water partition coefficient (Wildman–Crippen LogP) is -0.922. The molecule has 7 nitrogen and oxygen atoms in total. The van der Waals surface area contributed by atoms with Crippen LogP contribution in [-0.4, -0.2) is 44.2 Å². The smallest absolute Gasteiger partial charge is 0.266 e. The third-order valence-electron chi connectivity index (χ3n) is 2.37. The summed E-state index contributed by atoms with van der Waals surface area (Å²) < 4.78 is 25.6. The predicted molar refractivity (Wildman–Crippen MR) is 72.0 cm³/mol. The number of carbonyl (C=O) groups is 1. The van der Waals surface area contributed by atoms with Gasteiger partial charge in [0.1, 0.15) is 0 Å². The van der Waals surface area contributed by atoms with E-state index in [2.05, 4.69) is 10.3 Å². The van der Waals surface area contributed by atoms with Crippen LogP contribution in [0, 0.1) is 0 Å². The van der Waals surface area contributed by atoms with Crippen LogP contribution in [0.1, 0.15) is 17.3 Å². The number of pyridine rings is 1. The molecular formula is C11H18N4O3S. The minimum Gasteiger partial charge on any atom is -0.329 e. The van der Waals surface area contributed by atoms with E-state index in [0.717, 1.165) is 0 Å². The summed E-state index contributed by atoms with van der Waals surface area (Å²) in [5, 5.41) is 2.93. The van der Waals surface area contributed by atoms with Crippen molar-refractivity contribution in [2.75, 3.05) is 18.8 Å². The van der Waals surface area contributed by atoms with E-state index in [1.54, 1.807) is 6.07 Å². The highest BCUT2D eigenvalue weighted by Gasteiger charge is 2.20. The highest BCUT2D eigenvalue weighted by atomic mass is 32.2. The Morgan fingerprint density at radius 2 is 2.26 bits per heavy atom. The molecule has 0 aliphatic carbocycles. The molecule has 0 spiro atoms. The fourth-order valence-corrected chi connectivity index (χ4v) is 2.77. The molecule has 1 amide bonds. The quantitative estimate of drug-likeness (QED) is 0.597. The fraction of sp³-hybridized carbons (Fsp3) is 0.455. The van der Waals surface area contributed by atoms with Crippen molar-refractivity contribution >= 4 is 15.9 Å². The lowest BCUT2D eigenvalue weighted by Crippen LogP contribution is -2.45. The molecule has 0 aliphatic rings. The lowest BCUT2D eigenvalue weighted by Gasteiger charge is -2.15. The van der Waals surface area contributed by atoms with E-state index in [1.807, 2.05) is 11.6 Å². The maximum absolute atomic E-state index is 11.8. The van der Waals surface area contributed by atoms with Gasteiger partial charge in [0.25, 0.3) is 5.91 Å². The van der Waals surface area contributed by atoms with E-state index < -0.39 is 15.9 Å². The Labute approximate surface area is 112 Å². The second-order valence-corrected chi connectivity index (χ2v) is 5.71. The van der Waals surface area contributed by atoms with Gasteiger partial charge in [-0.15, -0.1) is 0 Å². The number of nitrogens with two attached hydrogens (primary N) is 1. The minimum absolute atomic E-state index is 0.176. The van der Waals surface area contributed by atoms with Crippen molar-refractivity contribution < 1.29 is 13.2 Å². The third-order valence-corrected chi connectivity index (χ3v) is 3.71. The van der Waals surface area contributed by atoms with Crippen molar-refractivity contribution in [1.82, 2.24) is 15.0 Å². The Morgan fingerprint density at radius 3 is 2.79 bits per heavy atom. The molecule has 1 atom stereocenters. The van der Waals surface area contributed by atoms with Crippen molar-refractivity contribution in [3.05, 3.63) is 30.1 Å². The summed E-state index contributed by atoms with van der Waals surface area (Å²) in [4.78, 5) is 15.5. The van der Waals surface area contributed by atoms with Crippen LogP contribution in [0.25, 0.3) is 0 Å². The van der Waals surface area contributed by atoms with Crippen LogP contribution >= 0.6 is 0 Å². The van der Waals surface area contributed by atoms with Crippen LogP contribution in [0.3, 0.4) is 0 Å². The average Bonchev–Trinajstić information content (AvgIpc) is 2.38. The standard InChI is InChI=1S/C11H18N4O3S/c1-2-14-10(6-12)8-19(17,18)15-11(16)9-4-3-5-13-7-9/h3-5,7,10,14H,2,6,8,12H2,1H3,(H,15,16). The molecule has 1 rings (SSSR count). The molecule has 1 aromatic rings. The zero-order chi connectivity index (χ0) is 14.3. The van der Waals surface area contributed by atoms with Crippen LogP contribution in [0.4, 0.5) is 0 Å². The van der Waals surface area contributed by atoms with Gasteiger partial charge in [0.2, 0.25) is 10.0 Å². The number of hydrogen-bond acceptors (Lipinski definition) is 6. The lowest BCUT2D eigenvalue weighted by molar-refractivity contribution is 0.0981. The number of nitrogens with one attached hydrogen (secondary N) is 2. The lowest BCUT2D eigenvalue weighted by atomic mass is 10.3. The van der Waals surface area contributed by atoms with Gasteiger partial charge in [0, 0.05) is 25.0 Å². The zero-order valence-corrected chi connectivity index (χ0v) is 11.5. The second kappa shape index (κ2) is 7.17. The summed E-state index contributed by atoms with van der Waals surface area (Å²) in [6.45, 7) is 2.63. The highest BCUT2D eigenvalue weighted by molar-refractivity contribution is 7.90. The number of nitrogens with zero attached hydrogens (tertiary/aromatic N) is 1. The molecule has 0 radical (unpaired) electrons. The number of likely N-dealkylation sites (N-methyl/N-ethyl adjacent to an activating group) is 1. The first kappa shape index (κ1) is 15.5. The Balaban J connectivity index is 2.67. The molecule has 106 valence electrons. The van der Waals surface area contributed by atoms with E-state index in [9.17, 15) is 13.2 Å². The minimum atomic E-state index is -3.73. The monoisotopic (exact) mass is 286 g/mol. The van der Waals surface area contributed by atoms with Crippen molar-refractivity contribution in [2.45, 2.75) is 13.0 Å². The zero-order valence-electron chi connectivity index (χ0n) is 10.7. The van der Waals surface area contributed by atoms with Crippen molar-refractivity contribution in [3.8, 4) is 0 Å². The summed E-state index contributed by atoms with van der Waals surface area (Å²) in [5.74, 6) is -0.941. The van der Waals surface area contributed by atoms with Gasteiger partial charge in [0.05, 0.1) is 11.3 Å². The van der Waals surface area contributed by atoms with E-state index >= 15 is 0 Å². The number of carbonyl (C=O) groups excluding carboxylic acids is 1. The van der Waals surface area contributed by atoms with Crippen LogP contribution < -0.4 is 15.8 Å². The molecule has 8 heteroatoms. The van der Waals surface area contributed by atoms with E-state index in [0.29, 0.717) is 6.54 Å². The third kappa shape index (κ3) is 5.33. The molecule has 4 N–H and O–H groups in total. The summed E-state index contributed by atoms with van der Waals surface area (Å²) in [6.07, 6.45) is 2.80. The van der Waals surface area contributed by atoms with Crippen LogP contribution in [0.2, 0.25) is 0 Å². The first-order chi connectivity index (χ1) is 8.98. The normalized spacial score (nSPS) is 12.9. The number of sulfonamides is 1. The topological polar surface area (TPSA) is 114 Å². The van der Waals surface area contributed by atoms with Crippen LogP contribution in [0.5, 0.6) is 0 Å². The first-order valence-corrected chi connectivity index (χ1v) is 7.52. The summed E-state index contributed by atoms with van der Waals surface area (Å²) in [5.41, 5.74) is 5.65. The van der Waals surface area contributed by atoms with Gasteiger partial charge < -0.3 is 11.1 Å². The highest BCUT2D eigenvalue weighted by Crippen LogP contribution is 1.98. The van der Waals surface area contributed by atoms with Crippen molar-refractivity contribution in [3.63, 3.8) is 0 Å². The van der Waals surface area contributed by atoms with Gasteiger partial charge >= 0.3 is 0 Å². The molecule has 0 aliphatic heterocycles. The Bertz CT molecular complexity index is 504. The van der Waals surface area contributed by atoms with E-state index in [4.69, 9.17) is 5.73 Å². The molecule has 0 fully saturated rings. The SMILES string of the molecule is CCNC(CN)CS(=O)(=O)NC(=O)c1cccnc1. The summed E-state index contributed by atoms with van der Waals surface area (Å²) in [6, 6.07) is 2.66. The molecule has 1 aromatic heterocycles. The molecule has 19 heavy (non-hydrogen) atoms. The fourth-order valence-electron chi connectivity index (χ4n) is 1.50.